The van der Waals surface area contributed by atoms with Gasteiger partial charge in [0.05, 0.1) is 11.9 Å². The van der Waals surface area contributed by atoms with Crippen LogP contribution in [0.4, 0.5) is 4.79 Å². The van der Waals surface area contributed by atoms with Gasteiger partial charge in [0.25, 0.3) is 0 Å². The number of piperidine rings is 1. The summed E-state index contributed by atoms with van der Waals surface area (Å²) in [6, 6.07) is 9.03. The van der Waals surface area contributed by atoms with Crippen molar-refractivity contribution >= 4 is 23.2 Å². The van der Waals surface area contributed by atoms with Gasteiger partial charge < -0.3 is 25.1 Å². The van der Waals surface area contributed by atoms with E-state index < -0.39 is 6.09 Å². The van der Waals surface area contributed by atoms with Crippen molar-refractivity contribution in [1.82, 2.24) is 9.47 Å². The first kappa shape index (κ1) is 22.4. The molecule has 172 valence electrons. The SMILES string of the molecule is CC(C)=C1CCC(N2CCC(n3c(COC(N)=O)c(C=NO)c4ccccc43)CC2)CC1. The van der Waals surface area contributed by atoms with Crippen molar-refractivity contribution in [3.63, 3.8) is 0 Å². The number of ether oxygens (including phenoxy) is 1. The van der Waals surface area contributed by atoms with Crippen molar-refractivity contribution < 1.29 is 14.7 Å². The number of hydrogen-bond donors (Lipinski definition) is 2. The molecule has 2 heterocycles. The molecule has 1 aromatic carbocycles. The van der Waals surface area contributed by atoms with Crippen molar-refractivity contribution in [3.05, 3.63) is 46.7 Å². The number of nitrogens with zero attached hydrogens (tertiary/aromatic N) is 3. The minimum Gasteiger partial charge on any atom is -0.443 e. The fourth-order valence-electron chi connectivity index (χ4n) is 5.57. The van der Waals surface area contributed by atoms with Gasteiger partial charge in [-0.25, -0.2) is 4.79 Å². The fourth-order valence-corrected chi connectivity index (χ4v) is 5.57. The van der Waals surface area contributed by atoms with Gasteiger partial charge in [-0.3, -0.25) is 0 Å². The van der Waals surface area contributed by atoms with Crippen molar-refractivity contribution in [3.8, 4) is 0 Å². The summed E-state index contributed by atoms with van der Waals surface area (Å²) in [6.07, 6.45) is 7.65. The Morgan fingerprint density at radius 1 is 1.16 bits per heavy atom. The second kappa shape index (κ2) is 9.77. The Labute approximate surface area is 189 Å². The summed E-state index contributed by atoms with van der Waals surface area (Å²) in [4.78, 5) is 14.0. The maximum absolute atomic E-state index is 11.3. The normalized spacial score (nSPS) is 20.8. The van der Waals surface area contributed by atoms with Gasteiger partial charge in [-0.05, 0) is 58.4 Å². The van der Waals surface area contributed by atoms with E-state index in [0.29, 0.717) is 12.1 Å². The molecule has 1 saturated carbocycles. The van der Waals surface area contributed by atoms with Gasteiger partial charge in [0, 0.05) is 41.6 Å². The topological polar surface area (TPSA) is 93.1 Å². The van der Waals surface area contributed by atoms with Crippen molar-refractivity contribution in [2.45, 2.75) is 71.1 Å². The standard InChI is InChI=1S/C25H34N4O3/c1-17(2)18-7-9-19(10-8-18)28-13-11-20(12-14-28)29-23-6-4-3-5-21(23)22(15-27-31)24(29)16-32-25(26)30/h3-6,15,19-20,31H,7-14,16H2,1-2H3,(H2,26,30). The Morgan fingerprint density at radius 2 is 1.84 bits per heavy atom. The van der Waals surface area contributed by atoms with Gasteiger partial charge in [-0.15, -0.1) is 0 Å². The lowest BCUT2D eigenvalue weighted by molar-refractivity contribution is 0.113. The molecule has 0 bridgehead atoms. The number of oxime groups is 1. The number of benzene rings is 1. The molecular weight excluding hydrogens is 404 g/mol. The predicted octanol–water partition coefficient (Wildman–Crippen LogP) is 4.96. The number of nitrogens with two attached hydrogens (primary N) is 1. The highest BCUT2D eigenvalue weighted by Gasteiger charge is 2.30. The van der Waals surface area contributed by atoms with Crippen LogP contribution in [0.1, 0.15) is 69.7 Å². The van der Waals surface area contributed by atoms with Crippen LogP contribution in [-0.2, 0) is 11.3 Å². The zero-order valence-corrected chi connectivity index (χ0v) is 19.1. The summed E-state index contributed by atoms with van der Waals surface area (Å²) in [5.41, 5.74) is 11.1. The van der Waals surface area contributed by atoms with Crippen LogP contribution < -0.4 is 5.73 Å². The van der Waals surface area contributed by atoms with Crippen LogP contribution in [0.5, 0.6) is 0 Å². The van der Waals surface area contributed by atoms with E-state index >= 15 is 0 Å². The number of hydrogen-bond acceptors (Lipinski definition) is 5. The van der Waals surface area contributed by atoms with Gasteiger partial charge in [0.1, 0.15) is 6.61 Å². The molecule has 0 radical (unpaired) electrons. The first-order valence-electron chi connectivity index (χ1n) is 11.6. The largest absolute Gasteiger partial charge is 0.443 e. The second-order valence-electron chi connectivity index (χ2n) is 9.20. The van der Waals surface area contributed by atoms with E-state index in [1.807, 2.05) is 18.2 Å². The van der Waals surface area contributed by atoms with E-state index in [2.05, 4.69) is 34.5 Å². The number of allylic oxidation sites excluding steroid dienone is 2. The van der Waals surface area contributed by atoms with E-state index in [1.54, 1.807) is 5.57 Å². The molecular formula is C25H34N4O3. The number of amides is 1. The number of aromatic nitrogens is 1. The van der Waals surface area contributed by atoms with E-state index in [1.165, 1.54) is 37.5 Å². The minimum absolute atomic E-state index is 0.0552. The number of carbonyl (C=O) groups is 1. The highest BCUT2D eigenvalue weighted by molar-refractivity contribution is 6.01. The van der Waals surface area contributed by atoms with Crippen LogP contribution in [-0.4, -0.2) is 46.1 Å². The van der Waals surface area contributed by atoms with Gasteiger partial charge in [-0.2, -0.15) is 0 Å². The summed E-state index contributed by atoms with van der Waals surface area (Å²) < 4.78 is 7.45. The Balaban J connectivity index is 1.56. The monoisotopic (exact) mass is 438 g/mol. The molecule has 7 nitrogen and oxygen atoms in total. The maximum atomic E-state index is 11.3. The lowest BCUT2D eigenvalue weighted by atomic mass is 9.86. The maximum Gasteiger partial charge on any atom is 0.404 e. The summed E-state index contributed by atoms with van der Waals surface area (Å²) >= 11 is 0. The van der Waals surface area contributed by atoms with Gasteiger partial charge in [0.15, 0.2) is 0 Å². The van der Waals surface area contributed by atoms with Crippen LogP contribution in [0.3, 0.4) is 0 Å². The molecule has 2 aliphatic rings. The molecule has 1 aliphatic heterocycles. The fraction of sp³-hybridized carbons (Fsp3) is 0.520. The average Bonchev–Trinajstić information content (AvgIpc) is 3.11. The smallest absolute Gasteiger partial charge is 0.404 e. The minimum atomic E-state index is -0.809. The van der Waals surface area contributed by atoms with Gasteiger partial charge in [0.2, 0.25) is 0 Å². The molecule has 1 aliphatic carbocycles. The Kier molecular flexibility index (Phi) is 6.84. The highest BCUT2D eigenvalue weighted by atomic mass is 16.5. The number of carbonyl (C=O) groups excluding carboxylic acids is 1. The molecule has 7 heteroatoms. The van der Waals surface area contributed by atoms with E-state index in [9.17, 15) is 10.0 Å². The van der Waals surface area contributed by atoms with Gasteiger partial charge in [-0.1, -0.05) is 34.5 Å². The quantitative estimate of drug-likeness (QED) is 0.299. The Hall–Kier alpha value is -2.80. The molecule has 0 spiro atoms. The zero-order valence-electron chi connectivity index (χ0n) is 19.1. The lowest BCUT2D eigenvalue weighted by Gasteiger charge is -2.40. The molecule has 2 fully saturated rings. The van der Waals surface area contributed by atoms with Crippen LogP contribution in [0.2, 0.25) is 0 Å². The third-order valence-electron chi connectivity index (χ3n) is 7.24. The number of likely N-dealkylation sites (tertiary alicyclic amines) is 1. The first-order valence-corrected chi connectivity index (χ1v) is 11.6. The zero-order chi connectivity index (χ0) is 22.7. The lowest BCUT2D eigenvalue weighted by Crippen LogP contribution is -2.43. The van der Waals surface area contributed by atoms with E-state index in [-0.39, 0.29) is 6.61 Å². The molecule has 1 aromatic heterocycles. The molecule has 0 atom stereocenters. The van der Waals surface area contributed by atoms with Crippen LogP contribution in [0.15, 0.2) is 40.6 Å². The van der Waals surface area contributed by atoms with E-state index in [0.717, 1.165) is 48.1 Å². The third-order valence-corrected chi connectivity index (χ3v) is 7.24. The Bertz CT molecular complexity index is 1020. The number of rotatable bonds is 5. The molecule has 32 heavy (non-hydrogen) atoms. The molecule has 3 N–H and O–H groups in total. The molecule has 0 unspecified atom stereocenters. The molecule has 4 rings (SSSR count). The predicted molar refractivity (Wildman–Crippen MR) is 126 cm³/mol. The van der Waals surface area contributed by atoms with Crippen LogP contribution in [0.25, 0.3) is 10.9 Å². The van der Waals surface area contributed by atoms with Crippen LogP contribution in [0, 0.1) is 0 Å². The second-order valence-corrected chi connectivity index (χ2v) is 9.20. The summed E-state index contributed by atoms with van der Waals surface area (Å²) in [5, 5.41) is 13.5. The molecule has 1 saturated heterocycles. The average molecular weight is 439 g/mol. The van der Waals surface area contributed by atoms with Gasteiger partial charge >= 0.3 is 6.09 Å². The summed E-state index contributed by atoms with van der Waals surface area (Å²) in [6.45, 7) is 6.65. The summed E-state index contributed by atoms with van der Waals surface area (Å²) in [7, 11) is 0. The number of fused-ring (bicyclic) bond motifs is 1. The van der Waals surface area contributed by atoms with E-state index in [4.69, 9.17) is 10.5 Å². The number of para-hydroxylation sites is 1. The first-order chi connectivity index (χ1) is 15.5. The molecule has 2 aromatic rings. The Morgan fingerprint density at radius 3 is 2.47 bits per heavy atom. The van der Waals surface area contributed by atoms with Crippen LogP contribution >= 0.6 is 0 Å². The highest BCUT2D eigenvalue weighted by Crippen LogP contribution is 2.36. The third kappa shape index (κ3) is 4.53. The summed E-state index contributed by atoms with van der Waals surface area (Å²) in [5.74, 6) is 0. The van der Waals surface area contributed by atoms with Crippen molar-refractivity contribution in [2.75, 3.05) is 13.1 Å². The molecule has 1 amide bonds. The van der Waals surface area contributed by atoms with Crippen molar-refractivity contribution in [1.29, 1.82) is 0 Å². The number of primary amides is 1. The van der Waals surface area contributed by atoms with Crippen molar-refractivity contribution in [2.24, 2.45) is 10.9 Å².